The van der Waals surface area contributed by atoms with Crippen molar-refractivity contribution in [2.45, 2.75) is 18.9 Å². The molecule has 1 aliphatic rings. The number of hydrogen-bond acceptors (Lipinski definition) is 2. The molecule has 2 nitrogen and oxygen atoms in total. The molecule has 1 aromatic carbocycles. The largest absolute Gasteiger partial charge is 0.312 e. The van der Waals surface area contributed by atoms with E-state index in [0.717, 1.165) is 11.6 Å². The third-order valence-electron chi connectivity index (χ3n) is 3.26. The molecule has 1 fully saturated rings. The van der Waals surface area contributed by atoms with E-state index in [9.17, 15) is 0 Å². The maximum atomic E-state index is 5.90. The summed E-state index contributed by atoms with van der Waals surface area (Å²) >= 11 is 5.90. The van der Waals surface area contributed by atoms with E-state index < -0.39 is 0 Å². The summed E-state index contributed by atoms with van der Waals surface area (Å²) in [5, 5.41) is 4.19. The van der Waals surface area contributed by atoms with Crippen LogP contribution >= 0.6 is 11.6 Å². The van der Waals surface area contributed by atoms with Crippen LogP contribution in [-0.2, 0) is 0 Å². The molecule has 3 heteroatoms. The van der Waals surface area contributed by atoms with Gasteiger partial charge in [0.15, 0.2) is 0 Å². The van der Waals surface area contributed by atoms with Crippen molar-refractivity contribution in [3.05, 3.63) is 34.9 Å². The summed E-state index contributed by atoms with van der Waals surface area (Å²) in [6.07, 6.45) is 2.69. The molecular weight excluding hydrogens is 220 g/mol. The number of hydrogen-bond donors (Lipinski definition) is 1. The van der Waals surface area contributed by atoms with E-state index in [4.69, 9.17) is 11.6 Å². The Hall–Kier alpha value is -0.570. The van der Waals surface area contributed by atoms with Gasteiger partial charge in [0.05, 0.1) is 0 Å². The summed E-state index contributed by atoms with van der Waals surface area (Å²) in [6.45, 7) is 3.58. The van der Waals surface area contributed by atoms with Crippen LogP contribution in [0.4, 0.5) is 0 Å². The molecular formula is C13H19ClN2. The Kier molecular flexibility index (Phi) is 4.22. The van der Waals surface area contributed by atoms with Crippen molar-refractivity contribution in [1.82, 2.24) is 10.2 Å². The lowest BCUT2D eigenvalue weighted by molar-refractivity contribution is 0.299. The Labute approximate surface area is 103 Å². The van der Waals surface area contributed by atoms with Crippen LogP contribution in [0, 0.1) is 0 Å². The van der Waals surface area contributed by atoms with Crippen LogP contribution in [0.3, 0.4) is 0 Å². The molecule has 1 aromatic rings. The van der Waals surface area contributed by atoms with Gasteiger partial charge in [-0.2, -0.15) is 0 Å². The van der Waals surface area contributed by atoms with Gasteiger partial charge in [0.2, 0.25) is 0 Å². The van der Waals surface area contributed by atoms with Gasteiger partial charge in [-0.15, -0.1) is 0 Å². The normalized spacial score (nSPS) is 18.9. The van der Waals surface area contributed by atoms with Gasteiger partial charge in [0.25, 0.3) is 0 Å². The highest BCUT2D eigenvalue weighted by atomic mass is 35.5. The molecule has 0 unspecified atom stereocenters. The van der Waals surface area contributed by atoms with E-state index in [1.54, 1.807) is 0 Å². The Morgan fingerprint density at radius 1 is 1.25 bits per heavy atom. The summed E-state index contributed by atoms with van der Waals surface area (Å²) < 4.78 is 0. The summed E-state index contributed by atoms with van der Waals surface area (Å²) in [5.74, 6) is 0. The lowest BCUT2D eigenvalue weighted by Crippen LogP contribution is -2.31. The maximum Gasteiger partial charge on any atom is 0.0446 e. The topological polar surface area (TPSA) is 15.3 Å². The van der Waals surface area contributed by atoms with Crippen LogP contribution in [0.2, 0.25) is 5.02 Å². The van der Waals surface area contributed by atoms with Crippen molar-refractivity contribution in [3.8, 4) is 0 Å². The van der Waals surface area contributed by atoms with E-state index in [0.29, 0.717) is 6.04 Å². The van der Waals surface area contributed by atoms with Crippen molar-refractivity contribution in [2.75, 3.05) is 26.7 Å². The average Bonchev–Trinajstić information content (AvgIpc) is 2.80. The fourth-order valence-electron chi connectivity index (χ4n) is 2.28. The minimum atomic E-state index is 0.412. The van der Waals surface area contributed by atoms with Gasteiger partial charge >= 0.3 is 0 Å². The quantitative estimate of drug-likeness (QED) is 0.868. The molecule has 0 amide bonds. The molecule has 1 saturated heterocycles. The highest BCUT2D eigenvalue weighted by molar-refractivity contribution is 6.30. The van der Waals surface area contributed by atoms with Gasteiger partial charge in [-0.25, -0.2) is 0 Å². The lowest BCUT2D eigenvalue weighted by Gasteiger charge is -2.23. The van der Waals surface area contributed by atoms with E-state index in [1.165, 1.54) is 31.5 Å². The second-order valence-electron chi connectivity index (χ2n) is 4.40. The fourth-order valence-corrected chi connectivity index (χ4v) is 2.41. The van der Waals surface area contributed by atoms with Crippen LogP contribution in [0.1, 0.15) is 24.4 Å². The van der Waals surface area contributed by atoms with E-state index in [1.807, 2.05) is 19.2 Å². The summed E-state index contributed by atoms with van der Waals surface area (Å²) in [6, 6.07) is 8.56. The summed E-state index contributed by atoms with van der Waals surface area (Å²) in [5.41, 5.74) is 1.32. The summed E-state index contributed by atoms with van der Waals surface area (Å²) in [4.78, 5) is 2.52. The highest BCUT2D eigenvalue weighted by Crippen LogP contribution is 2.19. The van der Waals surface area contributed by atoms with Crippen LogP contribution in [0.15, 0.2) is 24.3 Å². The molecule has 1 atom stereocenters. The van der Waals surface area contributed by atoms with Crippen molar-refractivity contribution < 1.29 is 0 Å². The van der Waals surface area contributed by atoms with Gasteiger partial charge in [0.1, 0.15) is 0 Å². The molecule has 0 saturated carbocycles. The van der Waals surface area contributed by atoms with E-state index in [2.05, 4.69) is 22.3 Å². The van der Waals surface area contributed by atoms with Crippen molar-refractivity contribution in [1.29, 1.82) is 0 Å². The predicted octanol–water partition coefficient (Wildman–Crippen LogP) is 2.70. The monoisotopic (exact) mass is 238 g/mol. The Balaban J connectivity index is 2.00. The highest BCUT2D eigenvalue weighted by Gasteiger charge is 2.17. The molecule has 88 valence electrons. The zero-order chi connectivity index (χ0) is 11.4. The number of likely N-dealkylation sites (N-methyl/N-ethyl adjacent to an activating group) is 1. The molecule has 0 aliphatic carbocycles. The van der Waals surface area contributed by atoms with Crippen LogP contribution in [-0.4, -0.2) is 31.6 Å². The second-order valence-corrected chi connectivity index (χ2v) is 4.84. The van der Waals surface area contributed by atoms with Crippen LogP contribution in [0.5, 0.6) is 0 Å². The predicted molar refractivity (Wildman–Crippen MR) is 68.9 cm³/mol. The Morgan fingerprint density at radius 2 is 1.88 bits per heavy atom. The first-order valence-electron chi connectivity index (χ1n) is 5.94. The van der Waals surface area contributed by atoms with Gasteiger partial charge in [0, 0.05) is 17.6 Å². The molecule has 0 bridgehead atoms. The minimum Gasteiger partial charge on any atom is -0.312 e. The minimum absolute atomic E-state index is 0.412. The standard InChI is InChI=1S/C13H19ClN2/c1-15-13(10-16-8-2-3-9-16)11-4-6-12(14)7-5-11/h4-7,13,15H,2-3,8-10H2,1H3/t13-/m1/s1. The third kappa shape index (κ3) is 2.97. The number of nitrogens with zero attached hydrogens (tertiary/aromatic N) is 1. The first kappa shape index (κ1) is 11.9. The van der Waals surface area contributed by atoms with Crippen LogP contribution in [0.25, 0.3) is 0 Å². The van der Waals surface area contributed by atoms with E-state index >= 15 is 0 Å². The molecule has 16 heavy (non-hydrogen) atoms. The molecule has 0 aromatic heterocycles. The van der Waals surface area contributed by atoms with Crippen LogP contribution < -0.4 is 5.32 Å². The number of likely N-dealkylation sites (tertiary alicyclic amines) is 1. The number of rotatable bonds is 4. The van der Waals surface area contributed by atoms with Crippen molar-refractivity contribution in [3.63, 3.8) is 0 Å². The molecule has 1 N–H and O–H groups in total. The average molecular weight is 239 g/mol. The third-order valence-corrected chi connectivity index (χ3v) is 3.51. The Bertz CT molecular complexity index is 317. The smallest absolute Gasteiger partial charge is 0.0446 e. The summed E-state index contributed by atoms with van der Waals surface area (Å²) in [7, 11) is 2.02. The van der Waals surface area contributed by atoms with Gasteiger partial charge in [-0.1, -0.05) is 23.7 Å². The maximum absolute atomic E-state index is 5.90. The first-order chi connectivity index (χ1) is 7.79. The van der Waals surface area contributed by atoms with Gasteiger partial charge < -0.3 is 10.2 Å². The van der Waals surface area contributed by atoms with Crippen molar-refractivity contribution in [2.24, 2.45) is 0 Å². The Morgan fingerprint density at radius 3 is 2.44 bits per heavy atom. The zero-order valence-corrected chi connectivity index (χ0v) is 10.5. The lowest BCUT2D eigenvalue weighted by atomic mass is 10.1. The van der Waals surface area contributed by atoms with Gasteiger partial charge in [-0.05, 0) is 50.7 Å². The van der Waals surface area contributed by atoms with E-state index in [-0.39, 0.29) is 0 Å². The zero-order valence-electron chi connectivity index (χ0n) is 9.75. The number of benzene rings is 1. The molecule has 2 rings (SSSR count). The van der Waals surface area contributed by atoms with Crippen molar-refractivity contribution >= 4 is 11.6 Å². The molecule has 1 aliphatic heterocycles. The fraction of sp³-hybridized carbons (Fsp3) is 0.538. The molecule has 0 spiro atoms. The number of nitrogens with one attached hydrogen (secondary N) is 1. The molecule has 0 radical (unpaired) electrons. The second kappa shape index (κ2) is 5.67. The molecule has 1 heterocycles. The SMILES string of the molecule is CN[C@H](CN1CCCC1)c1ccc(Cl)cc1. The first-order valence-corrected chi connectivity index (χ1v) is 6.32. The number of halogens is 1. The van der Waals surface area contributed by atoms with Gasteiger partial charge in [-0.3, -0.25) is 0 Å².